The number of anilines is 1. The summed E-state index contributed by atoms with van der Waals surface area (Å²) in [5, 5.41) is 3.00. The van der Waals surface area contributed by atoms with Gasteiger partial charge in [-0.15, -0.1) is 6.42 Å². The summed E-state index contributed by atoms with van der Waals surface area (Å²) < 4.78 is 10.3. The number of rotatable bonds is 6. The van der Waals surface area contributed by atoms with Gasteiger partial charge in [0.2, 0.25) is 5.91 Å². The Morgan fingerprint density at radius 2 is 1.82 bits per heavy atom. The minimum absolute atomic E-state index is 0.0364. The van der Waals surface area contributed by atoms with Crippen LogP contribution in [0, 0.1) is 35.5 Å². The summed E-state index contributed by atoms with van der Waals surface area (Å²) >= 11 is 0. The lowest BCUT2D eigenvalue weighted by atomic mass is 9.49. The molecule has 0 aliphatic heterocycles. The van der Waals surface area contributed by atoms with E-state index in [1.807, 2.05) is 0 Å². The predicted molar refractivity (Wildman–Crippen MR) is 106 cm³/mol. The lowest BCUT2D eigenvalue weighted by Crippen LogP contribution is -2.47. The molecule has 5 rings (SSSR count). The zero-order chi connectivity index (χ0) is 19.7. The van der Waals surface area contributed by atoms with Crippen LogP contribution in [0.3, 0.4) is 0 Å². The molecule has 4 aliphatic carbocycles. The Balaban J connectivity index is 1.45. The highest BCUT2D eigenvalue weighted by Gasteiger charge is 2.51. The van der Waals surface area contributed by atoms with E-state index in [1.54, 1.807) is 18.2 Å². The van der Waals surface area contributed by atoms with Crippen LogP contribution in [0.1, 0.15) is 55.3 Å². The molecule has 0 heterocycles. The molecule has 1 amide bonds. The second kappa shape index (κ2) is 7.50. The van der Waals surface area contributed by atoms with E-state index in [1.165, 1.54) is 45.6 Å². The Morgan fingerprint density at radius 3 is 2.39 bits per heavy atom. The number of methoxy groups -OCH3 is 1. The summed E-state index contributed by atoms with van der Waals surface area (Å²) in [6, 6.07) is 4.94. The summed E-state index contributed by atoms with van der Waals surface area (Å²) in [7, 11) is 1.31. The van der Waals surface area contributed by atoms with Gasteiger partial charge in [0, 0.05) is 18.2 Å². The molecule has 1 aromatic rings. The molecule has 0 saturated heterocycles. The van der Waals surface area contributed by atoms with Crippen molar-refractivity contribution in [2.45, 2.75) is 44.9 Å². The second-order valence-corrected chi connectivity index (χ2v) is 8.84. The van der Waals surface area contributed by atoms with Crippen LogP contribution in [0.2, 0.25) is 0 Å². The van der Waals surface area contributed by atoms with Crippen LogP contribution in [-0.2, 0) is 9.53 Å². The summed E-state index contributed by atoms with van der Waals surface area (Å²) in [5.41, 5.74) is 1.08. The van der Waals surface area contributed by atoms with Gasteiger partial charge in [0.05, 0.1) is 7.11 Å². The molecule has 4 saturated carbocycles. The third kappa shape index (κ3) is 3.73. The van der Waals surface area contributed by atoms with Gasteiger partial charge in [0.15, 0.2) is 0 Å². The van der Waals surface area contributed by atoms with Gasteiger partial charge in [-0.1, -0.05) is 5.92 Å². The summed E-state index contributed by atoms with van der Waals surface area (Å²) in [4.78, 5) is 24.7. The number of amides is 1. The highest BCUT2D eigenvalue weighted by molar-refractivity contribution is 5.95. The zero-order valence-corrected chi connectivity index (χ0v) is 16.3. The molecule has 4 bridgehead atoms. The number of esters is 1. The van der Waals surface area contributed by atoms with E-state index in [0.29, 0.717) is 17.9 Å². The van der Waals surface area contributed by atoms with Crippen molar-refractivity contribution in [1.82, 2.24) is 0 Å². The molecule has 1 N–H and O–H groups in total. The van der Waals surface area contributed by atoms with Gasteiger partial charge in [-0.25, -0.2) is 4.79 Å². The van der Waals surface area contributed by atoms with Crippen molar-refractivity contribution in [3.63, 3.8) is 0 Å². The van der Waals surface area contributed by atoms with Crippen LogP contribution in [0.25, 0.3) is 0 Å². The molecule has 4 fully saturated rings. The standard InChI is InChI=1S/C23H27NO4/c1-3-6-28-20-10-18(4-5-19(20)22(26)27-2)24-21(25)14-23-11-15-7-16(12-23)9-17(8-15)13-23/h1,4-5,10,15-17H,6-9,11-14H2,2H3,(H,24,25). The molecule has 5 heteroatoms. The summed E-state index contributed by atoms with van der Waals surface area (Å²) in [5.74, 6) is 4.70. The fraction of sp³-hybridized carbons (Fsp3) is 0.565. The van der Waals surface area contributed by atoms with Crippen molar-refractivity contribution >= 4 is 17.6 Å². The fourth-order valence-electron chi connectivity index (χ4n) is 6.17. The van der Waals surface area contributed by atoms with Gasteiger partial charge < -0.3 is 14.8 Å². The minimum Gasteiger partial charge on any atom is -0.480 e. The van der Waals surface area contributed by atoms with Crippen LogP contribution in [-0.4, -0.2) is 25.6 Å². The average Bonchev–Trinajstić information content (AvgIpc) is 2.64. The number of benzene rings is 1. The third-order valence-corrected chi connectivity index (χ3v) is 6.68. The minimum atomic E-state index is -0.501. The molecule has 0 spiro atoms. The summed E-state index contributed by atoms with van der Waals surface area (Å²) in [6.07, 6.45) is 13.5. The first-order chi connectivity index (χ1) is 13.5. The van der Waals surface area contributed by atoms with Crippen LogP contribution in [0.4, 0.5) is 5.69 Å². The number of terminal acetylenes is 1. The largest absolute Gasteiger partial charge is 0.480 e. The van der Waals surface area contributed by atoms with Crippen molar-refractivity contribution in [2.24, 2.45) is 23.2 Å². The molecule has 1 aromatic carbocycles. The Morgan fingerprint density at radius 1 is 1.18 bits per heavy atom. The molecule has 0 radical (unpaired) electrons. The zero-order valence-electron chi connectivity index (χ0n) is 16.3. The van der Waals surface area contributed by atoms with Crippen molar-refractivity contribution in [3.05, 3.63) is 23.8 Å². The van der Waals surface area contributed by atoms with Gasteiger partial charge in [-0.3, -0.25) is 4.79 Å². The number of carbonyl (C=O) groups excluding carboxylic acids is 2. The maximum absolute atomic E-state index is 12.8. The van der Waals surface area contributed by atoms with E-state index in [2.05, 4.69) is 11.2 Å². The number of hydrogen-bond donors (Lipinski definition) is 1. The van der Waals surface area contributed by atoms with E-state index in [0.717, 1.165) is 17.8 Å². The first-order valence-corrected chi connectivity index (χ1v) is 10.1. The number of hydrogen-bond acceptors (Lipinski definition) is 4. The smallest absolute Gasteiger partial charge is 0.341 e. The van der Waals surface area contributed by atoms with Gasteiger partial charge in [-0.05, 0) is 73.8 Å². The predicted octanol–water partition coefficient (Wildman–Crippen LogP) is 4.03. The Kier molecular flexibility index (Phi) is 5.05. The molecule has 0 unspecified atom stereocenters. The van der Waals surface area contributed by atoms with Crippen LogP contribution >= 0.6 is 0 Å². The number of carbonyl (C=O) groups is 2. The van der Waals surface area contributed by atoms with E-state index < -0.39 is 5.97 Å². The lowest BCUT2D eigenvalue weighted by molar-refractivity contribution is -0.124. The van der Waals surface area contributed by atoms with E-state index in [-0.39, 0.29) is 23.5 Å². The molecule has 5 nitrogen and oxygen atoms in total. The Hall–Kier alpha value is -2.48. The van der Waals surface area contributed by atoms with Gasteiger partial charge in [0.25, 0.3) is 0 Å². The van der Waals surface area contributed by atoms with Crippen molar-refractivity contribution in [2.75, 3.05) is 19.0 Å². The molecular formula is C23H27NO4. The lowest BCUT2D eigenvalue weighted by Gasteiger charge is -2.56. The van der Waals surface area contributed by atoms with Gasteiger partial charge in [0.1, 0.15) is 17.9 Å². The summed E-state index contributed by atoms with van der Waals surface area (Å²) in [6.45, 7) is 0.0364. The van der Waals surface area contributed by atoms with E-state index >= 15 is 0 Å². The van der Waals surface area contributed by atoms with Crippen LogP contribution < -0.4 is 10.1 Å². The van der Waals surface area contributed by atoms with Crippen LogP contribution in [0.5, 0.6) is 5.75 Å². The Bertz CT molecular complexity index is 787. The monoisotopic (exact) mass is 381 g/mol. The second-order valence-electron chi connectivity index (χ2n) is 8.84. The SMILES string of the molecule is C#CCOc1cc(NC(=O)CC23CC4CC(CC(C4)C2)C3)ccc1C(=O)OC. The fourth-order valence-corrected chi connectivity index (χ4v) is 6.17. The highest BCUT2D eigenvalue weighted by atomic mass is 16.5. The average molecular weight is 381 g/mol. The van der Waals surface area contributed by atoms with Crippen LogP contribution in [0.15, 0.2) is 18.2 Å². The maximum Gasteiger partial charge on any atom is 0.341 e. The molecule has 148 valence electrons. The molecule has 28 heavy (non-hydrogen) atoms. The van der Waals surface area contributed by atoms with E-state index in [9.17, 15) is 9.59 Å². The third-order valence-electron chi connectivity index (χ3n) is 6.68. The maximum atomic E-state index is 12.8. The molecule has 0 aromatic heterocycles. The van der Waals surface area contributed by atoms with Crippen molar-refractivity contribution in [3.8, 4) is 18.1 Å². The quantitative estimate of drug-likeness (QED) is 0.597. The van der Waals surface area contributed by atoms with Gasteiger partial charge >= 0.3 is 5.97 Å². The molecular weight excluding hydrogens is 354 g/mol. The highest BCUT2D eigenvalue weighted by Crippen LogP contribution is 2.61. The first kappa shape index (κ1) is 18.9. The number of ether oxygens (including phenoxy) is 2. The topological polar surface area (TPSA) is 64.6 Å². The number of nitrogens with one attached hydrogen (secondary N) is 1. The molecule has 0 atom stereocenters. The van der Waals surface area contributed by atoms with Gasteiger partial charge in [-0.2, -0.15) is 0 Å². The van der Waals surface area contributed by atoms with Crippen molar-refractivity contribution < 1.29 is 19.1 Å². The normalized spacial score (nSPS) is 29.8. The Labute approximate surface area is 166 Å². The first-order valence-electron chi connectivity index (χ1n) is 10.1. The molecule has 4 aliphatic rings. The van der Waals surface area contributed by atoms with E-state index in [4.69, 9.17) is 15.9 Å². The van der Waals surface area contributed by atoms with Crippen molar-refractivity contribution in [1.29, 1.82) is 0 Å².